The Morgan fingerprint density at radius 1 is 1.16 bits per heavy atom. The maximum absolute atomic E-state index is 13.3. The molecule has 174 valence electrons. The van der Waals surface area contributed by atoms with Crippen molar-refractivity contribution in [1.82, 2.24) is 0 Å². The number of fused-ring (bicyclic) bond motifs is 5. The molecule has 0 aromatic heterocycles. The summed E-state index contributed by atoms with van der Waals surface area (Å²) < 4.78 is 0. The van der Waals surface area contributed by atoms with E-state index in [-0.39, 0.29) is 47.1 Å². The SMILES string of the molecule is CC(CO)CCC(=O)C(C)C1C(=O)CC2C3CC=C4CC(O)CCC4(C)C3CCC21C. The van der Waals surface area contributed by atoms with E-state index in [0.29, 0.717) is 42.8 Å². The Kier molecular flexibility index (Phi) is 6.28. The molecule has 4 nitrogen and oxygen atoms in total. The molecule has 4 aliphatic rings. The molecule has 0 aromatic rings. The minimum atomic E-state index is -0.222. The molecule has 4 aliphatic carbocycles. The van der Waals surface area contributed by atoms with Gasteiger partial charge in [-0.15, -0.1) is 0 Å². The summed E-state index contributed by atoms with van der Waals surface area (Å²) in [5.41, 5.74) is 1.55. The Hall–Kier alpha value is -1.00. The Labute approximate surface area is 187 Å². The van der Waals surface area contributed by atoms with E-state index >= 15 is 0 Å². The highest BCUT2D eigenvalue weighted by molar-refractivity contribution is 5.92. The molecule has 31 heavy (non-hydrogen) atoms. The van der Waals surface area contributed by atoms with Gasteiger partial charge in [-0.3, -0.25) is 9.59 Å². The second kappa shape index (κ2) is 8.41. The number of aliphatic hydroxyl groups is 2. The Morgan fingerprint density at radius 3 is 2.61 bits per heavy atom. The quantitative estimate of drug-likeness (QED) is 0.598. The van der Waals surface area contributed by atoms with Crippen molar-refractivity contribution in [3.05, 3.63) is 11.6 Å². The predicted octanol–water partition coefficient (Wildman–Crippen LogP) is 4.72. The molecule has 0 spiro atoms. The molecular weight excluding hydrogens is 388 g/mol. The van der Waals surface area contributed by atoms with Gasteiger partial charge in [0.05, 0.1) is 6.10 Å². The number of aliphatic hydroxyl groups excluding tert-OH is 2. The van der Waals surface area contributed by atoms with Crippen LogP contribution in [0.15, 0.2) is 11.6 Å². The smallest absolute Gasteiger partial charge is 0.137 e. The molecule has 0 saturated heterocycles. The van der Waals surface area contributed by atoms with Gasteiger partial charge in [-0.25, -0.2) is 0 Å². The highest BCUT2D eigenvalue weighted by Gasteiger charge is 2.62. The lowest BCUT2D eigenvalue weighted by atomic mass is 9.47. The van der Waals surface area contributed by atoms with Crippen LogP contribution < -0.4 is 0 Å². The van der Waals surface area contributed by atoms with Gasteiger partial charge in [0.15, 0.2) is 0 Å². The van der Waals surface area contributed by atoms with Crippen LogP contribution in [0.5, 0.6) is 0 Å². The van der Waals surface area contributed by atoms with Crippen LogP contribution in [0.4, 0.5) is 0 Å². The van der Waals surface area contributed by atoms with Crippen LogP contribution in [0, 0.1) is 46.3 Å². The zero-order valence-electron chi connectivity index (χ0n) is 19.9. The monoisotopic (exact) mass is 430 g/mol. The van der Waals surface area contributed by atoms with Crippen molar-refractivity contribution in [3.63, 3.8) is 0 Å². The Balaban J connectivity index is 1.54. The third-order valence-electron chi connectivity index (χ3n) is 10.2. The van der Waals surface area contributed by atoms with Gasteiger partial charge in [-0.2, -0.15) is 0 Å². The maximum Gasteiger partial charge on any atom is 0.137 e. The Morgan fingerprint density at radius 2 is 1.90 bits per heavy atom. The molecule has 4 rings (SSSR count). The molecule has 0 amide bonds. The standard InChI is InChI=1S/C27H42O4/c1-16(15-28)5-8-23(30)17(2)25-24(31)14-22-20-7-6-18-13-19(29)9-11-26(18,3)21(20)10-12-27(22,25)4/h6,16-17,19-22,25,28-29H,5,7-15H2,1-4H3. The number of allylic oxidation sites excluding steroid dienone is 1. The van der Waals surface area contributed by atoms with Gasteiger partial charge in [-0.1, -0.05) is 39.3 Å². The van der Waals surface area contributed by atoms with E-state index in [1.54, 1.807) is 0 Å². The average Bonchev–Trinajstić information content (AvgIpc) is 3.01. The first-order valence-corrected chi connectivity index (χ1v) is 12.7. The zero-order chi connectivity index (χ0) is 22.6. The third-order valence-corrected chi connectivity index (χ3v) is 10.2. The normalized spacial score (nSPS) is 44.0. The summed E-state index contributed by atoms with van der Waals surface area (Å²) >= 11 is 0. The lowest BCUT2D eigenvalue weighted by molar-refractivity contribution is -0.134. The van der Waals surface area contributed by atoms with Crippen LogP contribution in [0.2, 0.25) is 0 Å². The van der Waals surface area contributed by atoms with Gasteiger partial charge in [0.25, 0.3) is 0 Å². The van der Waals surface area contributed by atoms with E-state index in [0.717, 1.165) is 38.5 Å². The van der Waals surface area contributed by atoms with Crippen LogP contribution in [-0.2, 0) is 9.59 Å². The van der Waals surface area contributed by atoms with Crippen molar-refractivity contribution in [2.45, 2.75) is 91.6 Å². The van der Waals surface area contributed by atoms with Crippen LogP contribution in [0.3, 0.4) is 0 Å². The highest BCUT2D eigenvalue weighted by Crippen LogP contribution is 2.66. The fourth-order valence-corrected chi connectivity index (χ4v) is 8.22. The van der Waals surface area contributed by atoms with Gasteiger partial charge in [0.1, 0.15) is 11.6 Å². The summed E-state index contributed by atoms with van der Waals surface area (Å²) in [6.45, 7) is 8.77. The second-order valence-corrected chi connectivity index (χ2v) is 11.9. The molecule has 0 aliphatic heterocycles. The van der Waals surface area contributed by atoms with E-state index in [4.69, 9.17) is 0 Å². The fraction of sp³-hybridized carbons (Fsp3) is 0.852. The molecule has 3 fully saturated rings. The number of rotatable bonds is 6. The van der Waals surface area contributed by atoms with E-state index < -0.39 is 0 Å². The third kappa shape index (κ3) is 3.76. The maximum atomic E-state index is 13.3. The molecule has 0 aromatic carbocycles. The summed E-state index contributed by atoms with van der Waals surface area (Å²) in [6.07, 6.45) is 9.96. The van der Waals surface area contributed by atoms with Gasteiger partial charge >= 0.3 is 0 Å². The highest BCUT2D eigenvalue weighted by atomic mass is 16.3. The predicted molar refractivity (Wildman–Crippen MR) is 121 cm³/mol. The molecular formula is C27H42O4. The molecule has 2 N–H and O–H groups in total. The lowest BCUT2D eigenvalue weighted by Gasteiger charge is -2.58. The van der Waals surface area contributed by atoms with Crippen LogP contribution in [-0.4, -0.2) is 34.5 Å². The van der Waals surface area contributed by atoms with Crippen molar-refractivity contribution in [3.8, 4) is 0 Å². The largest absolute Gasteiger partial charge is 0.396 e. The van der Waals surface area contributed by atoms with Gasteiger partial charge < -0.3 is 10.2 Å². The zero-order valence-corrected chi connectivity index (χ0v) is 19.9. The summed E-state index contributed by atoms with van der Waals surface area (Å²) in [7, 11) is 0. The molecule has 0 bridgehead atoms. The van der Waals surface area contributed by atoms with E-state index in [1.807, 2.05) is 13.8 Å². The first kappa shape index (κ1) is 23.2. The molecule has 4 heteroatoms. The summed E-state index contributed by atoms with van der Waals surface area (Å²) in [6, 6.07) is 0. The second-order valence-electron chi connectivity index (χ2n) is 11.9. The summed E-state index contributed by atoms with van der Waals surface area (Å²) in [4.78, 5) is 26.3. The van der Waals surface area contributed by atoms with Gasteiger partial charge in [-0.05, 0) is 79.4 Å². The van der Waals surface area contributed by atoms with Gasteiger partial charge in [0.2, 0.25) is 0 Å². The van der Waals surface area contributed by atoms with Crippen molar-refractivity contribution >= 4 is 11.6 Å². The molecule has 3 saturated carbocycles. The number of carbonyl (C=O) groups excluding carboxylic acids is 2. The average molecular weight is 431 g/mol. The van der Waals surface area contributed by atoms with Crippen molar-refractivity contribution in [1.29, 1.82) is 0 Å². The summed E-state index contributed by atoms with van der Waals surface area (Å²) in [5.74, 6) is 1.75. The van der Waals surface area contributed by atoms with Gasteiger partial charge in [0, 0.05) is 31.3 Å². The van der Waals surface area contributed by atoms with Crippen LogP contribution >= 0.6 is 0 Å². The number of hydrogen-bond donors (Lipinski definition) is 2. The van der Waals surface area contributed by atoms with Crippen LogP contribution in [0.1, 0.15) is 85.5 Å². The van der Waals surface area contributed by atoms with E-state index in [1.165, 1.54) is 5.57 Å². The molecule has 9 atom stereocenters. The van der Waals surface area contributed by atoms with Crippen molar-refractivity contribution in [2.24, 2.45) is 46.3 Å². The Bertz CT molecular complexity index is 756. The van der Waals surface area contributed by atoms with Crippen molar-refractivity contribution < 1.29 is 19.8 Å². The minimum absolute atomic E-state index is 0.0776. The van der Waals surface area contributed by atoms with E-state index in [9.17, 15) is 19.8 Å². The van der Waals surface area contributed by atoms with Crippen molar-refractivity contribution in [2.75, 3.05) is 6.61 Å². The molecule has 0 heterocycles. The first-order chi connectivity index (χ1) is 14.6. The lowest BCUT2D eigenvalue weighted by Crippen LogP contribution is -2.51. The van der Waals surface area contributed by atoms with Crippen LogP contribution in [0.25, 0.3) is 0 Å². The number of hydrogen-bond acceptors (Lipinski definition) is 4. The first-order valence-electron chi connectivity index (χ1n) is 12.7. The topological polar surface area (TPSA) is 74.6 Å². The summed E-state index contributed by atoms with van der Waals surface area (Å²) in [5, 5.41) is 19.5. The molecule has 9 unspecified atom stereocenters. The number of ketones is 2. The number of Topliss-reactive ketones (excluding diaryl/α,β-unsaturated/α-hetero) is 2. The van der Waals surface area contributed by atoms with E-state index in [2.05, 4.69) is 19.9 Å². The molecule has 0 radical (unpaired) electrons. The number of carbonyl (C=O) groups is 2. The minimum Gasteiger partial charge on any atom is -0.396 e. The fourth-order valence-electron chi connectivity index (χ4n) is 8.22.